The Hall–Kier alpha value is -0.0800. The highest BCUT2D eigenvalue weighted by atomic mass is 15.2. The molecule has 19 heavy (non-hydrogen) atoms. The number of hydrogen-bond acceptors (Lipinski definition) is 2. The third-order valence-electron chi connectivity index (χ3n) is 6.12. The van der Waals surface area contributed by atoms with E-state index < -0.39 is 0 Å². The van der Waals surface area contributed by atoms with E-state index in [-0.39, 0.29) is 0 Å². The van der Waals surface area contributed by atoms with Gasteiger partial charge in [-0.05, 0) is 63.5 Å². The fourth-order valence-electron chi connectivity index (χ4n) is 4.60. The molecule has 0 aliphatic heterocycles. The van der Waals surface area contributed by atoms with Gasteiger partial charge in [0.25, 0.3) is 0 Å². The van der Waals surface area contributed by atoms with Gasteiger partial charge in [-0.15, -0.1) is 0 Å². The molecule has 0 unspecified atom stereocenters. The van der Waals surface area contributed by atoms with Crippen LogP contribution in [0.3, 0.4) is 0 Å². The van der Waals surface area contributed by atoms with Crippen molar-refractivity contribution in [2.75, 3.05) is 19.6 Å². The molecule has 0 amide bonds. The second-order valence-corrected chi connectivity index (χ2v) is 7.07. The molecule has 2 rings (SSSR count). The lowest BCUT2D eigenvalue weighted by molar-refractivity contribution is 0.0161. The van der Waals surface area contributed by atoms with Crippen molar-refractivity contribution in [2.45, 2.75) is 83.6 Å². The molecule has 1 spiro atoms. The summed E-state index contributed by atoms with van der Waals surface area (Å²) in [4.78, 5) is 2.71. The Labute approximate surface area is 120 Å². The van der Waals surface area contributed by atoms with Crippen LogP contribution in [0.25, 0.3) is 0 Å². The monoisotopic (exact) mass is 266 g/mol. The van der Waals surface area contributed by atoms with Gasteiger partial charge in [0, 0.05) is 12.1 Å². The van der Waals surface area contributed by atoms with E-state index >= 15 is 0 Å². The van der Waals surface area contributed by atoms with E-state index in [1.54, 1.807) is 0 Å². The molecule has 2 aliphatic rings. The Morgan fingerprint density at radius 2 is 1.58 bits per heavy atom. The summed E-state index contributed by atoms with van der Waals surface area (Å²) in [5.41, 5.74) is 7.29. The second kappa shape index (κ2) is 6.58. The van der Waals surface area contributed by atoms with Crippen LogP contribution >= 0.6 is 0 Å². The molecule has 0 aromatic heterocycles. The lowest BCUT2D eigenvalue weighted by Crippen LogP contribution is -2.57. The largest absolute Gasteiger partial charge is 0.329 e. The summed E-state index contributed by atoms with van der Waals surface area (Å²) in [5, 5.41) is 0. The van der Waals surface area contributed by atoms with Gasteiger partial charge >= 0.3 is 0 Å². The summed E-state index contributed by atoms with van der Waals surface area (Å²) in [5.74, 6) is 0. The minimum absolute atomic E-state index is 0.331. The highest BCUT2D eigenvalue weighted by molar-refractivity contribution is 5.01. The zero-order valence-corrected chi connectivity index (χ0v) is 13.2. The van der Waals surface area contributed by atoms with Gasteiger partial charge in [0.1, 0.15) is 0 Å². The first-order chi connectivity index (χ1) is 9.20. The lowest BCUT2D eigenvalue weighted by Gasteiger charge is -2.50. The van der Waals surface area contributed by atoms with Gasteiger partial charge < -0.3 is 5.73 Å². The van der Waals surface area contributed by atoms with Crippen LogP contribution in [0.1, 0.15) is 78.1 Å². The minimum atomic E-state index is 0.331. The van der Waals surface area contributed by atoms with Gasteiger partial charge in [-0.25, -0.2) is 0 Å². The average molecular weight is 266 g/mol. The quantitative estimate of drug-likeness (QED) is 0.789. The molecule has 0 radical (unpaired) electrons. The topological polar surface area (TPSA) is 29.3 Å². The predicted molar refractivity (Wildman–Crippen MR) is 83.3 cm³/mol. The standard InChI is InChI=1S/C17H34N2/c1-3-5-14-19(4-2)17(15-18)12-10-16(11-13-17)8-6-7-9-16/h3-15,18H2,1-2H3. The van der Waals surface area contributed by atoms with E-state index in [1.807, 2.05) is 0 Å². The van der Waals surface area contributed by atoms with Gasteiger partial charge in [-0.1, -0.05) is 33.1 Å². The van der Waals surface area contributed by atoms with Crippen molar-refractivity contribution in [3.8, 4) is 0 Å². The third kappa shape index (κ3) is 3.16. The smallest absolute Gasteiger partial charge is 0.0332 e. The molecule has 2 fully saturated rings. The van der Waals surface area contributed by atoms with Gasteiger partial charge in [-0.3, -0.25) is 4.90 Å². The first-order valence-electron chi connectivity index (χ1n) is 8.65. The van der Waals surface area contributed by atoms with Crippen molar-refractivity contribution in [1.29, 1.82) is 0 Å². The van der Waals surface area contributed by atoms with Crippen LogP contribution in [0, 0.1) is 5.41 Å². The van der Waals surface area contributed by atoms with Crippen molar-refractivity contribution < 1.29 is 0 Å². The summed E-state index contributed by atoms with van der Waals surface area (Å²) < 4.78 is 0. The summed E-state index contributed by atoms with van der Waals surface area (Å²) in [7, 11) is 0. The number of hydrogen-bond donors (Lipinski definition) is 1. The van der Waals surface area contributed by atoms with E-state index in [1.165, 1.54) is 77.3 Å². The van der Waals surface area contributed by atoms with Gasteiger partial charge in [0.15, 0.2) is 0 Å². The molecule has 2 N–H and O–H groups in total. The Morgan fingerprint density at radius 3 is 2.05 bits per heavy atom. The molecule has 0 saturated heterocycles. The summed E-state index contributed by atoms with van der Waals surface area (Å²) in [6, 6.07) is 0. The Kier molecular flexibility index (Phi) is 5.30. The van der Waals surface area contributed by atoms with E-state index in [9.17, 15) is 0 Å². The molecule has 2 nitrogen and oxygen atoms in total. The van der Waals surface area contributed by atoms with Crippen molar-refractivity contribution >= 4 is 0 Å². The van der Waals surface area contributed by atoms with Crippen molar-refractivity contribution in [2.24, 2.45) is 11.1 Å². The van der Waals surface area contributed by atoms with Crippen LogP contribution < -0.4 is 5.73 Å². The SMILES string of the molecule is CCCCN(CC)C1(CN)CCC2(CCCC2)CC1. The van der Waals surface area contributed by atoms with Crippen LogP contribution in [0.15, 0.2) is 0 Å². The fraction of sp³-hybridized carbons (Fsp3) is 1.00. The normalized spacial score (nSPS) is 25.3. The van der Waals surface area contributed by atoms with Crippen molar-refractivity contribution in [3.05, 3.63) is 0 Å². The highest BCUT2D eigenvalue weighted by Gasteiger charge is 2.45. The molecular weight excluding hydrogens is 232 g/mol. The zero-order chi connectivity index (χ0) is 13.8. The molecule has 0 atom stereocenters. The van der Waals surface area contributed by atoms with E-state index in [0.717, 1.165) is 12.0 Å². The molecule has 0 heterocycles. The van der Waals surface area contributed by atoms with E-state index in [2.05, 4.69) is 18.7 Å². The predicted octanol–water partition coefficient (Wildman–Crippen LogP) is 3.94. The molecule has 0 aromatic carbocycles. The first kappa shape index (κ1) is 15.3. The number of rotatable bonds is 6. The minimum Gasteiger partial charge on any atom is -0.329 e. The maximum absolute atomic E-state index is 6.23. The molecule has 0 bridgehead atoms. The van der Waals surface area contributed by atoms with Crippen LogP contribution in [0.2, 0.25) is 0 Å². The fourth-order valence-corrected chi connectivity index (χ4v) is 4.60. The summed E-state index contributed by atoms with van der Waals surface area (Å²) in [6.07, 6.45) is 14.1. The Morgan fingerprint density at radius 1 is 0.947 bits per heavy atom. The second-order valence-electron chi connectivity index (χ2n) is 7.07. The van der Waals surface area contributed by atoms with Crippen LogP contribution in [-0.2, 0) is 0 Å². The lowest BCUT2D eigenvalue weighted by atomic mass is 9.66. The van der Waals surface area contributed by atoms with Crippen LogP contribution in [-0.4, -0.2) is 30.1 Å². The Balaban J connectivity index is 1.99. The highest BCUT2D eigenvalue weighted by Crippen LogP contribution is 2.52. The van der Waals surface area contributed by atoms with E-state index in [0.29, 0.717) is 5.54 Å². The number of nitrogens with two attached hydrogens (primary N) is 1. The summed E-state index contributed by atoms with van der Waals surface area (Å²) >= 11 is 0. The summed E-state index contributed by atoms with van der Waals surface area (Å²) in [6.45, 7) is 7.88. The van der Waals surface area contributed by atoms with Crippen LogP contribution in [0.4, 0.5) is 0 Å². The molecule has 112 valence electrons. The Bertz CT molecular complexity index is 258. The van der Waals surface area contributed by atoms with Crippen LogP contribution in [0.5, 0.6) is 0 Å². The van der Waals surface area contributed by atoms with Gasteiger partial charge in [0.05, 0.1) is 0 Å². The number of nitrogens with zero attached hydrogens (tertiary/aromatic N) is 1. The van der Waals surface area contributed by atoms with E-state index in [4.69, 9.17) is 5.73 Å². The third-order valence-corrected chi connectivity index (χ3v) is 6.12. The molecule has 0 aromatic rings. The van der Waals surface area contributed by atoms with Crippen molar-refractivity contribution in [3.63, 3.8) is 0 Å². The number of unbranched alkanes of at least 4 members (excludes halogenated alkanes) is 1. The average Bonchev–Trinajstić information content (AvgIpc) is 2.90. The first-order valence-corrected chi connectivity index (χ1v) is 8.65. The molecule has 2 heteroatoms. The maximum atomic E-state index is 6.23. The molecule has 2 aliphatic carbocycles. The number of likely N-dealkylation sites (N-methyl/N-ethyl adjacent to an activating group) is 1. The molecule has 2 saturated carbocycles. The maximum Gasteiger partial charge on any atom is 0.0332 e. The zero-order valence-electron chi connectivity index (χ0n) is 13.2. The van der Waals surface area contributed by atoms with Gasteiger partial charge in [-0.2, -0.15) is 0 Å². The van der Waals surface area contributed by atoms with Gasteiger partial charge in [0.2, 0.25) is 0 Å². The van der Waals surface area contributed by atoms with Crippen molar-refractivity contribution in [1.82, 2.24) is 4.90 Å². The molecular formula is C17H34N2.